The van der Waals surface area contributed by atoms with E-state index in [2.05, 4.69) is 10.3 Å². The molecule has 0 fully saturated rings. The lowest BCUT2D eigenvalue weighted by molar-refractivity contribution is -0.139. The van der Waals surface area contributed by atoms with E-state index < -0.39 is 12.0 Å². The fourth-order valence-corrected chi connectivity index (χ4v) is 4.19. The SMILES string of the molecule is CCOc1cc(CNC(Cc2c[nH]c3ccccc23)C(=O)O)cc(Cl)c1OCc1ccccc1F. The summed E-state index contributed by atoms with van der Waals surface area (Å²) in [5.74, 6) is -0.584. The number of halogens is 2. The lowest BCUT2D eigenvalue weighted by Crippen LogP contribution is -2.38. The summed E-state index contributed by atoms with van der Waals surface area (Å²) in [4.78, 5) is 15.1. The van der Waals surface area contributed by atoms with Crippen molar-refractivity contribution in [1.82, 2.24) is 10.3 Å². The van der Waals surface area contributed by atoms with Gasteiger partial charge >= 0.3 is 5.97 Å². The summed E-state index contributed by atoms with van der Waals surface area (Å²) in [6.45, 7) is 2.46. The van der Waals surface area contributed by atoms with Crippen LogP contribution in [0.25, 0.3) is 10.9 Å². The van der Waals surface area contributed by atoms with Crippen molar-refractivity contribution in [3.05, 3.63) is 94.4 Å². The fraction of sp³-hybridized carbons (Fsp3) is 0.222. The van der Waals surface area contributed by atoms with Crippen molar-refractivity contribution in [3.8, 4) is 11.5 Å². The number of carboxylic acids is 1. The molecule has 1 unspecified atom stereocenters. The summed E-state index contributed by atoms with van der Waals surface area (Å²) in [5.41, 5.74) is 3.02. The van der Waals surface area contributed by atoms with Crippen molar-refractivity contribution in [3.63, 3.8) is 0 Å². The summed E-state index contributed by atoms with van der Waals surface area (Å²) in [6, 6.07) is 16.8. The molecule has 0 aliphatic rings. The minimum Gasteiger partial charge on any atom is -0.490 e. The second-order valence-electron chi connectivity index (χ2n) is 8.05. The van der Waals surface area contributed by atoms with Crippen molar-refractivity contribution in [2.75, 3.05) is 6.61 Å². The van der Waals surface area contributed by atoms with Crippen LogP contribution in [0.4, 0.5) is 4.39 Å². The number of aliphatic carboxylic acids is 1. The minimum absolute atomic E-state index is 0.00419. The number of aromatic nitrogens is 1. The molecule has 6 nitrogen and oxygen atoms in total. The van der Waals surface area contributed by atoms with Gasteiger partial charge in [0.05, 0.1) is 11.6 Å². The van der Waals surface area contributed by atoms with Crippen LogP contribution in [0.3, 0.4) is 0 Å². The van der Waals surface area contributed by atoms with E-state index in [1.807, 2.05) is 37.4 Å². The van der Waals surface area contributed by atoms with Crippen molar-refractivity contribution in [1.29, 1.82) is 0 Å². The number of ether oxygens (including phenoxy) is 2. The lowest BCUT2D eigenvalue weighted by atomic mass is 10.0. The van der Waals surface area contributed by atoms with Crippen LogP contribution in [0.5, 0.6) is 11.5 Å². The Morgan fingerprint density at radius 1 is 1.11 bits per heavy atom. The van der Waals surface area contributed by atoms with Crippen LogP contribution in [0.15, 0.2) is 66.9 Å². The normalized spacial score (nSPS) is 12.0. The van der Waals surface area contributed by atoms with Gasteiger partial charge in [-0.15, -0.1) is 0 Å². The number of carboxylic acid groups (broad SMARTS) is 1. The first-order valence-corrected chi connectivity index (χ1v) is 11.7. The summed E-state index contributed by atoms with van der Waals surface area (Å²) >= 11 is 6.49. The highest BCUT2D eigenvalue weighted by molar-refractivity contribution is 6.32. The van der Waals surface area contributed by atoms with Crippen LogP contribution < -0.4 is 14.8 Å². The van der Waals surface area contributed by atoms with Gasteiger partial charge in [0.25, 0.3) is 0 Å². The molecule has 1 aromatic heterocycles. The Balaban J connectivity index is 1.48. The van der Waals surface area contributed by atoms with Gasteiger partial charge in [-0.05, 0) is 42.3 Å². The number of hydrogen-bond donors (Lipinski definition) is 3. The number of benzene rings is 3. The fourth-order valence-electron chi connectivity index (χ4n) is 3.90. The molecular formula is C27H26ClFN2O4. The predicted octanol–water partition coefficient (Wildman–Crippen LogP) is 5.72. The Morgan fingerprint density at radius 2 is 1.89 bits per heavy atom. The molecule has 0 bridgehead atoms. The first kappa shape index (κ1) is 24.6. The van der Waals surface area contributed by atoms with Gasteiger partial charge in [-0.2, -0.15) is 0 Å². The summed E-state index contributed by atoms with van der Waals surface area (Å²) in [5, 5.41) is 14.2. The van der Waals surface area contributed by atoms with Gasteiger partial charge in [-0.3, -0.25) is 4.79 Å². The predicted molar refractivity (Wildman–Crippen MR) is 134 cm³/mol. The van der Waals surface area contributed by atoms with Crippen LogP contribution >= 0.6 is 11.6 Å². The molecule has 182 valence electrons. The smallest absolute Gasteiger partial charge is 0.321 e. The van der Waals surface area contributed by atoms with Gasteiger partial charge in [-0.1, -0.05) is 48.0 Å². The van der Waals surface area contributed by atoms with Crippen molar-refractivity contribution in [2.45, 2.75) is 32.5 Å². The highest BCUT2D eigenvalue weighted by Gasteiger charge is 2.20. The number of para-hydroxylation sites is 1. The molecule has 35 heavy (non-hydrogen) atoms. The average molecular weight is 497 g/mol. The van der Waals surface area contributed by atoms with Crippen LogP contribution in [0, 0.1) is 5.82 Å². The van der Waals surface area contributed by atoms with E-state index in [0.717, 1.165) is 22.0 Å². The molecule has 0 spiro atoms. The molecule has 0 saturated carbocycles. The first-order chi connectivity index (χ1) is 17.0. The van der Waals surface area contributed by atoms with Crippen LogP contribution in [0.2, 0.25) is 5.02 Å². The summed E-state index contributed by atoms with van der Waals surface area (Å²) < 4.78 is 25.5. The number of H-pyrrole nitrogens is 1. The van der Waals surface area contributed by atoms with Crippen LogP contribution in [-0.4, -0.2) is 28.7 Å². The topological polar surface area (TPSA) is 83.6 Å². The molecule has 0 aliphatic carbocycles. The van der Waals surface area contributed by atoms with Gasteiger partial charge in [0.15, 0.2) is 11.5 Å². The molecule has 4 rings (SSSR count). The van der Waals surface area contributed by atoms with Crippen LogP contribution in [0.1, 0.15) is 23.6 Å². The van der Waals surface area contributed by atoms with Gasteiger partial charge in [0, 0.05) is 35.6 Å². The quantitative estimate of drug-likeness (QED) is 0.247. The summed E-state index contributed by atoms with van der Waals surface area (Å²) in [6.07, 6.45) is 2.16. The molecule has 0 aliphatic heterocycles. The van der Waals surface area contributed by atoms with E-state index in [-0.39, 0.29) is 19.0 Å². The molecule has 0 saturated heterocycles. The number of hydrogen-bond acceptors (Lipinski definition) is 4. The molecule has 0 amide bonds. The van der Waals surface area contributed by atoms with Crippen molar-refractivity contribution in [2.24, 2.45) is 0 Å². The van der Waals surface area contributed by atoms with E-state index in [1.165, 1.54) is 6.07 Å². The average Bonchev–Trinajstić information content (AvgIpc) is 3.25. The van der Waals surface area contributed by atoms with E-state index in [0.29, 0.717) is 35.1 Å². The zero-order chi connectivity index (χ0) is 24.8. The highest BCUT2D eigenvalue weighted by Crippen LogP contribution is 2.37. The number of rotatable bonds is 11. The number of aromatic amines is 1. The van der Waals surface area contributed by atoms with E-state index in [1.54, 1.807) is 30.3 Å². The van der Waals surface area contributed by atoms with Crippen molar-refractivity contribution >= 4 is 28.5 Å². The van der Waals surface area contributed by atoms with Gasteiger partial charge in [0.1, 0.15) is 18.5 Å². The third-order valence-corrected chi connectivity index (χ3v) is 5.93. The molecule has 0 radical (unpaired) electrons. The molecule has 1 heterocycles. The van der Waals surface area contributed by atoms with Crippen LogP contribution in [-0.2, 0) is 24.4 Å². The Kier molecular flexibility index (Phi) is 7.90. The highest BCUT2D eigenvalue weighted by atomic mass is 35.5. The zero-order valence-electron chi connectivity index (χ0n) is 19.2. The lowest BCUT2D eigenvalue weighted by Gasteiger charge is -2.18. The Bertz CT molecular complexity index is 1320. The molecule has 3 aromatic carbocycles. The second-order valence-corrected chi connectivity index (χ2v) is 8.46. The molecule has 4 aromatic rings. The molecule has 1 atom stereocenters. The minimum atomic E-state index is -0.948. The Labute approximate surface area is 207 Å². The maximum atomic E-state index is 14.0. The van der Waals surface area contributed by atoms with E-state index >= 15 is 0 Å². The molecule has 8 heteroatoms. The molecular weight excluding hydrogens is 471 g/mol. The standard InChI is InChI=1S/C27H26ClFN2O4/c1-2-34-25-12-17(11-21(28)26(25)35-16-18-7-3-5-9-22(18)29)14-30-24(27(32)33)13-19-15-31-23-10-6-4-8-20(19)23/h3-12,15,24,30-31H,2,13-14,16H2,1H3,(H,32,33). The monoisotopic (exact) mass is 496 g/mol. The first-order valence-electron chi connectivity index (χ1n) is 11.3. The molecule has 3 N–H and O–H groups in total. The number of nitrogens with one attached hydrogen (secondary N) is 2. The largest absolute Gasteiger partial charge is 0.490 e. The maximum Gasteiger partial charge on any atom is 0.321 e. The van der Waals surface area contributed by atoms with Crippen molar-refractivity contribution < 1.29 is 23.8 Å². The third kappa shape index (κ3) is 5.93. The van der Waals surface area contributed by atoms with Gasteiger partial charge < -0.3 is 24.9 Å². The Hall–Kier alpha value is -3.55. The number of carbonyl (C=O) groups is 1. The van der Waals surface area contributed by atoms with E-state index in [4.69, 9.17) is 21.1 Å². The third-order valence-electron chi connectivity index (χ3n) is 5.65. The van der Waals surface area contributed by atoms with E-state index in [9.17, 15) is 14.3 Å². The second kappa shape index (κ2) is 11.3. The Morgan fingerprint density at radius 3 is 2.66 bits per heavy atom. The van der Waals surface area contributed by atoms with Gasteiger partial charge in [-0.25, -0.2) is 4.39 Å². The zero-order valence-corrected chi connectivity index (χ0v) is 19.9. The van der Waals surface area contributed by atoms with Gasteiger partial charge in [0.2, 0.25) is 0 Å². The summed E-state index contributed by atoms with van der Waals surface area (Å²) in [7, 11) is 0. The maximum absolute atomic E-state index is 14.0. The number of fused-ring (bicyclic) bond motifs is 1.